The Morgan fingerprint density at radius 3 is 2.23 bits per heavy atom. The first-order valence-electron chi connectivity index (χ1n) is 14.5. The van der Waals surface area contributed by atoms with Crippen molar-refractivity contribution < 1.29 is 23.9 Å². The lowest BCUT2D eigenvalue weighted by atomic mass is 10.1. The molecule has 0 bridgehead atoms. The molecule has 1 aromatic heterocycles. The molecule has 0 fully saturated rings. The largest absolute Gasteiger partial charge is 0.497 e. The zero-order valence-corrected chi connectivity index (χ0v) is 27.5. The fourth-order valence-electron chi connectivity index (χ4n) is 4.49. The van der Waals surface area contributed by atoms with Crippen molar-refractivity contribution in [3.63, 3.8) is 0 Å². The summed E-state index contributed by atoms with van der Waals surface area (Å²) < 4.78 is 10.8. The number of carbonyl (C=O) groups excluding carboxylic acids is 3. The van der Waals surface area contributed by atoms with Crippen molar-refractivity contribution in [3.8, 4) is 22.8 Å². The first-order valence-corrected chi connectivity index (χ1v) is 16.3. The summed E-state index contributed by atoms with van der Waals surface area (Å²) in [6, 6.07) is 30.7. The van der Waals surface area contributed by atoms with Gasteiger partial charge in [0.05, 0.1) is 25.7 Å². The van der Waals surface area contributed by atoms with Crippen molar-refractivity contribution in [2.24, 2.45) is 0 Å². The van der Waals surface area contributed by atoms with Gasteiger partial charge in [-0.2, -0.15) is 0 Å². The third kappa shape index (κ3) is 8.87. The van der Waals surface area contributed by atoms with Gasteiger partial charge in [0.15, 0.2) is 5.13 Å². The predicted octanol–water partition coefficient (Wildman–Crippen LogP) is 7.28. The molecule has 0 saturated heterocycles. The molecule has 0 aliphatic rings. The van der Waals surface area contributed by atoms with Crippen LogP contribution in [0.2, 0.25) is 0 Å². The second-order valence-electron chi connectivity index (χ2n) is 10.1. The number of rotatable bonds is 12. The molecule has 5 rings (SSSR count). The highest BCUT2D eigenvalue weighted by Gasteiger charge is 2.17. The van der Waals surface area contributed by atoms with Crippen LogP contribution in [-0.4, -0.2) is 42.7 Å². The number of hydrogen-bond acceptors (Lipinski definition) is 8. The number of anilines is 2. The van der Waals surface area contributed by atoms with Crippen LogP contribution >= 0.6 is 23.1 Å². The lowest BCUT2D eigenvalue weighted by Crippen LogP contribution is -2.30. The van der Waals surface area contributed by atoms with E-state index in [9.17, 15) is 14.4 Å². The molecule has 3 amide bonds. The zero-order chi connectivity index (χ0) is 33.2. The molecule has 0 radical (unpaired) electrons. The summed E-state index contributed by atoms with van der Waals surface area (Å²) in [6.07, 6.45) is 1.55. The van der Waals surface area contributed by atoms with E-state index in [2.05, 4.69) is 20.9 Å². The van der Waals surface area contributed by atoms with Crippen LogP contribution < -0.4 is 25.4 Å². The number of aromatic nitrogens is 1. The molecule has 47 heavy (non-hydrogen) atoms. The van der Waals surface area contributed by atoms with Crippen molar-refractivity contribution in [2.75, 3.05) is 30.6 Å². The summed E-state index contributed by atoms with van der Waals surface area (Å²) in [7, 11) is 3.06. The summed E-state index contributed by atoms with van der Waals surface area (Å²) in [4.78, 5) is 45.6. The molecule has 9 nitrogen and oxygen atoms in total. The number of amides is 3. The molecule has 0 unspecified atom stereocenters. The van der Waals surface area contributed by atoms with E-state index in [4.69, 9.17) is 9.47 Å². The highest BCUT2D eigenvalue weighted by Crippen LogP contribution is 2.31. The van der Waals surface area contributed by atoms with Crippen LogP contribution in [0.4, 0.5) is 10.8 Å². The minimum Gasteiger partial charge on any atom is -0.497 e. The average molecular weight is 665 g/mol. The fraction of sp³-hybridized carbons (Fsp3) is 0.111. The molecule has 0 saturated carbocycles. The smallest absolute Gasteiger partial charge is 0.272 e. The van der Waals surface area contributed by atoms with Gasteiger partial charge in [0, 0.05) is 38.2 Å². The second-order valence-corrected chi connectivity index (χ2v) is 12.3. The molecule has 0 aliphatic carbocycles. The summed E-state index contributed by atoms with van der Waals surface area (Å²) in [6.45, 7) is 1.98. The van der Waals surface area contributed by atoms with Gasteiger partial charge in [0.2, 0.25) is 5.91 Å². The molecule has 5 aromatic rings. The maximum atomic E-state index is 13.5. The minimum absolute atomic E-state index is 0.0188. The minimum atomic E-state index is -0.527. The summed E-state index contributed by atoms with van der Waals surface area (Å²) in [5.74, 6) is 0.111. The monoisotopic (exact) mass is 664 g/mol. The van der Waals surface area contributed by atoms with Crippen molar-refractivity contribution in [3.05, 3.63) is 125 Å². The van der Waals surface area contributed by atoms with Crippen molar-refractivity contribution >= 4 is 57.7 Å². The molecule has 11 heteroatoms. The van der Waals surface area contributed by atoms with E-state index < -0.39 is 11.8 Å². The van der Waals surface area contributed by atoms with Gasteiger partial charge in [-0.05, 0) is 61.5 Å². The van der Waals surface area contributed by atoms with E-state index in [0.29, 0.717) is 33.4 Å². The Balaban J connectivity index is 1.23. The molecule has 4 aromatic carbocycles. The molecule has 0 atom stereocenters. The van der Waals surface area contributed by atoms with E-state index in [1.54, 1.807) is 73.8 Å². The number of nitrogens with zero attached hydrogens (tertiary/aromatic N) is 1. The highest BCUT2D eigenvalue weighted by atomic mass is 32.2. The Bertz CT molecular complexity index is 1890. The Hall–Kier alpha value is -5.39. The molecular formula is C36H32N4O5S2. The number of benzene rings is 4. The maximum absolute atomic E-state index is 13.5. The lowest BCUT2D eigenvalue weighted by Gasteiger charge is -2.13. The summed E-state index contributed by atoms with van der Waals surface area (Å²) in [5, 5.41) is 9.02. The molecular weight excluding hydrogens is 633 g/mol. The summed E-state index contributed by atoms with van der Waals surface area (Å²) in [5.41, 5.74) is 3.37. The number of methoxy groups -OCH3 is 2. The van der Waals surface area contributed by atoms with Gasteiger partial charge >= 0.3 is 0 Å². The first kappa shape index (κ1) is 33.0. The number of nitrogens with one attached hydrogen (secondary N) is 3. The quantitative estimate of drug-likeness (QED) is 0.0948. The van der Waals surface area contributed by atoms with Gasteiger partial charge in [-0.3, -0.25) is 14.4 Å². The SMILES string of the molecule is COc1ccc(/C=C(\NC(=O)c2ccccc2)C(=O)Nc2ccc(SCC(=O)Nc3nc(-c4ccccc4)c(C)s3)cc2)c(OC)c1. The second kappa shape index (κ2) is 15.7. The molecule has 0 aliphatic heterocycles. The van der Waals surface area contributed by atoms with Gasteiger partial charge in [-0.15, -0.1) is 23.1 Å². The standard InChI is InChI=1S/C36H32N4O5S2/c1-23-33(24-10-6-4-7-11-24)40-36(47-23)39-32(41)22-46-29-18-15-27(16-19-29)37-35(43)30(38-34(42)25-12-8-5-9-13-25)20-26-14-17-28(44-2)21-31(26)45-3/h4-21H,22H2,1-3H3,(H,37,43)(H,38,42)(H,39,40,41)/b30-20-. The third-order valence-electron chi connectivity index (χ3n) is 6.84. The Morgan fingerprint density at radius 1 is 0.851 bits per heavy atom. The normalized spacial score (nSPS) is 11.0. The van der Waals surface area contributed by atoms with Crippen LogP contribution in [0.15, 0.2) is 114 Å². The van der Waals surface area contributed by atoms with Crippen LogP contribution in [0.25, 0.3) is 17.3 Å². The van der Waals surface area contributed by atoms with E-state index in [0.717, 1.165) is 21.0 Å². The Labute approximate surface area is 281 Å². The van der Waals surface area contributed by atoms with Crippen molar-refractivity contribution in [1.82, 2.24) is 10.3 Å². The van der Waals surface area contributed by atoms with Crippen molar-refractivity contribution in [2.45, 2.75) is 11.8 Å². The topological polar surface area (TPSA) is 119 Å². The highest BCUT2D eigenvalue weighted by molar-refractivity contribution is 8.00. The molecule has 3 N–H and O–H groups in total. The van der Waals surface area contributed by atoms with Crippen LogP contribution in [0, 0.1) is 6.92 Å². The fourth-order valence-corrected chi connectivity index (χ4v) is 6.04. The van der Waals surface area contributed by atoms with E-state index in [-0.39, 0.29) is 17.4 Å². The van der Waals surface area contributed by atoms with E-state index >= 15 is 0 Å². The van der Waals surface area contributed by atoms with Gasteiger partial charge in [-0.25, -0.2) is 4.98 Å². The third-order valence-corrected chi connectivity index (χ3v) is 8.74. The number of hydrogen-bond donors (Lipinski definition) is 3. The van der Waals surface area contributed by atoms with E-state index in [1.165, 1.54) is 30.2 Å². The van der Waals surface area contributed by atoms with Crippen molar-refractivity contribution in [1.29, 1.82) is 0 Å². The van der Waals surface area contributed by atoms with Gasteiger partial charge in [0.1, 0.15) is 17.2 Å². The first-order chi connectivity index (χ1) is 22.8. The number of ether oxygens (including phenoxy) is 2. The number of carbonyl (C=O) groups is 3. The molecule has 0 spiro atoms. The number of aryl methyl sites for hydroxylation is 1. The molecule has 1 heterocycles. The van der Waals surface area contributed by atoms with Gasteiger partial charge in [0.25, 0.3) is 11.8 Å². The Morgan fingerprint density at radius 2 is 1.55 bits per heavy atom. The number of thioether (sulfide) groups is 1. The van der Waals surface area contributed by atoms with Crippen LogP contribution in [0.1, 0.15) is 20.8 Å². The number of thiazole rings is 1. The van der Waals surface area contributed by atoms with Gasteiger partial charge in [-0.1, -0.05) is 48.5 Å². The summed E-state index contributed by atoms with van der Waals surface area (Å²) >= 11 is 2.80. The molecule has 238 valence electrons. The predicted molar refractivity (Wildman–Crippen MR) is 188 cm³/mol. The van der Waals surface area contributed by atoms with Crippen LogP contribution in [0.3, 0.4) is 0 Å². The Kier molecular flexibility index (Phi) is 11.1. The van der Waals surface area contributed by atoms with Crippen LogP contribution in [0.5, 0.6) is 11.5 Å². The van der Waals surface area contributed by atoms with Gasteiger partial charge < -0.3 is 25.4 Å². The van der Waals surface area contributed by atoms with Crippen LogP contribution in [-0.2, 0) is 9.59 Å². The zero-order valence-electron chi connectivity index (χ0n) is 25.9. The average Bonchev–Trinajstić information content (AvgIpc) is 3.47. The van der Waals surface area contributed by atoms with E-state index in [1.807, 2.05) is 49.4 Å². The lowest BCUT2D eigenvalue weighted by molar-refractivity contribution is -0.114. The maximum Gasteiger partial charge on any atom is 0.272 e.